The summed E-state index contributed by atoms with van der Waals surface area (Å²) in [4.78, 5) is 21.0. The molecule has 2 N–H and O–H groups in total. The van der Waals surface area contributed by atoms with Crippen molar-refractivity contribution in [3.8, 4) is 0 Å². The number of fused-ring (bicyclic) bond motifs is 5. The molecule has 4 rings (SSSR count). The van der Waals surface area contributed by atoms with Crippen LogP contribution in [0, 0.1) is 58.2 Å². The highest BCUT2D eigenvalue weighted by atomic mass is 17.2. The molecule has 0 amide bonds. The fraction of sp³-hybridized carbons (Fsp3) is 0.963. The molecule has 0 aromatic carbocycles. The molecule has 0 spiro atoms. The maximum Gasteiger partial charge on any atom is 0.233 e. The predicted molar refractivity (Wildman–Crippen MR) is 124 cm³/mol. The van der Waals surface area contributed by atoms with Gasteiger partial charge in [0.2, 0.25) is 5.79 Å². The van der Waals surface area contributed by atoms with Crippen molar-refractivity contribution in [3.05, 3.63) is 0 Å². The van der Waals surface area contributed by atoms with Crippen molar-refractivity contribution in [1.29, 1.82) is 0 Å². The lowest BCUT2D eigenvalue weighted by Gasteiger charge is -2.65. The summed E-state index contributed by atoms with van der Waals surface area (Å²) in [6.07, 6.45) is 8.76. The minimum atomic E-state index is -1.25. The standard InChI is InChI=1S/C27H46O5/c1-16(7-8-19(4)28)21-9-10-22-24-17(2)13-20-15-27(31-29,32-30)12-11-25(20,5)23(24)14-18(3)26(21,22)6/h16-18,20-24,29-30H,7-15H2,1-6H3/t16-,17-,18+,20-,21-,22+,23+,24+,25+,26-/m1/s1. The maximum absolute atomic E-state index is 11.6. The zero-order chi connectivity index (χ0) is 23.5. The molecule has 0 heterocycles. The van der Waals surface area contributed by atoms with Crippen molar-refractivity contribution in [2.45, 2.75) is 105 Å². The number of ketones is 1. The Balaban J connectivity index is 1.60. The molecular weight excluding hydrogens is 404 g/mol. The van der Waals surface area contributed by atoms with E-state index in [1.54, 1.807) is 6.92 Å². The van der Waals surface area contributed by atoms with Crippen molar-refractivity contribution >= 4 is 5.78 Å². The van der Waals surface area contributed by atoms with Crippen molar-refractivity contribution < 1.29 is 25.1 Å². The van der Waals surface area contributed by atoms with Crippen molar-refractivity contribution in [3.63, 3.8) is 0 Å². The number of carbonyl (C=O) groups is 1. The molecule has 10 atom stereocenters. The first kappa shape index (κ1) is 24.6. The molecule has 4 aliphatic rings. The minimum Gasteiger partial charge on any atom is -0.300 e. The molecule has 5 nitrogen and oxygen atoms in total. The second kappa shape index (κ2) is 8.62. The van der Waals surface area contributed by atoms with Crippen molar-refractivity contribution in [1.82, 2.24) is 0 Å². The lowest BCUT2D eigenvalue weighted by atomic mass is 9.40. The van der Waals surface area contributed by atoms with E-state index in [1.165, 1.54) is 19.3 Å². The van der Waals surface area contributed by atoms with E-state index >= 15 is 0 Å². The molecule has 4 aliphatic carbocycles. The van der Waals surface area contributed by atoms with E-state index in [2.05, 4.69) is 44.4 Å². The Bertz CT molecular complexity index is 704. The van der Waals surface area contributed by atoms with E-state index in [9.17, 15) is 15.3 Å². The highest BCUT2D eigenvalue weighted by molar-refractivity contribution is 5.75. The molecule has 0 aromatic rings. The lowest BCUT2D eigenvalue weighted by Crippen LogP contribution is -2.60. The second-order valence-corrected chi connectivity index (χ2v) is 12.9. The van der Waals surface area contributed by atoms with Crippen LogP contribution in [-0.4, -0.2) is 22.1 Å². The third-order valence-electron chi connectivity index (χ3n) is 11.7. The summed E-state index contributed by atoms with van der Waals surface area (Å²) in [5.74, 6) is 4.22. The Morgan fingerprint density at radius 3 is 2.38 bits per heavy atom. The minimum absolute atomic E-state index is 0.200. The molecule has 5 heteroatoms. The molecule has 0 unspecified atom stereocenters. The van der Waals surface area contributed by atoms with E-state index in [0.717, 1.165) is 37.5 Å². The van der Waals surface area contributed by atoms with Crippen LogP contribution in [0.2, 0.25) is 0 Å². The first-order valence-electron chi connectivity index (χ1n) is 13.2. The lowest BCUT2D eigenvalue weighted by molar-refractivity contribution is -0.499. The average molecular weight is 451 g/mol. The molecule has 0 aliphatic heterocycles. The van der Waals surface area contributed by atoms with E-state index in [4.69, 9.17) is 0 Å². The van der Waals surface area contributed by atoms with Gasteiger partial charge in [0.05, 0.1) is 0 Å². The maximum atomic E-state index is 11.6. The zero-order valence-electron chi connectivity index (χ0n) is 21.1. The van der Waals surface area contributed by atoms with E-state index in [1.807, 2.05) is 0 Å². The summed E-state index contributed by atoms with van der Waals surface area (Å²) in [6.45, 7) is 14.1. The Kier molecular flexibility index (Phi) is 6.64. The SMILES string of the molecule is CC(=O)CC[C@@H](C)[C@H]1CC[C@H]2[C@@H]3[C@H](C)C[C@@H]4CC(OO)(OO)CC[C@]4(C)[C@H]3C[C@H](C)[C@]12C. The van der Waals surface area contributed by atoms with Gasteiger partial charge >= 0.3 is 0 Å². The van der Waals surface area contributed by atoms with Gasteiger partial charge in [-0.05, 0) is 104 Å². The number of hydrogen-bond acceptors (Lipinski definition) is 5. The monoisotopic (exact) mass is 450 g/mol. The molecule has 0 saturated heterocycles. The van der Waals surface area contributed by atoms with Gasteiger partial charge in [0.25, 0.3) is 0 Å². The van der Waals surface area contributed by atoms with Crippen molar-refractivity contribution in [2.75, 3.05) is 0 Å². The molecule has 0 radical (unpaired) electrons. The fourth-order valence-corrected chi connectivity index (χ4v) is 9.70. The third-order valence-corrected chi connectivity index (χ3v) is 11.7. The molecule has 184 valence electrons. The van der Waals surface area contributed by atoms with Gasteiger partial charge in [-0.25, -0.2) is 20.3 Å². The van der Waals surface area contributed by atoms with E-state index < -0.39 is 5.79 Å². The normalized spacial score (nSPS) is 48.4. The van der Waals surface area contributed by atoms with Gasteiger partial charge in [0.15, 0.2) is 0 Å². The van der Waals surface area contributed by atoms with Crippen LogP contribution in [0.3, 0.4) is 0 Å². The summed E-state index contributed by atoms with van der Waals surface area (Å²) in [7, 11) is 0. The van der Waals surface area contributed by atoms with E-state index in [-0.39, 0.29) is 5.41 Å². The van der Waals surface area contributed by atoms with Gasteiger partial charge < -0.3 is 4.79 Å². The van der Waals surface area contributed by atoms with Crippen LogP contribution in [0.15, 0.2) is 0 Å². The average Bonchev–Trinajstić information content (AvgIpc) is 3.11. The third kappa shape index (κ3) is 3.61. The van der Waals surface area contributed by atoms with Crippen LogP contribution in [-0.2, 0) is 14.6 Å². The topological polar surface area (TPSA) is 76.0 Å². The molecule has 0 aromatic heterocycles. The Hall–Kier alpha value is -0.490. The summed E-state index contributed by atoms with van der Waals surface area (Å²) in [5, 5.41) is 18.9. The quantitative estimate of drug-likeness (QED) is 0.264. The van der Waals surface area contributed by atoms with Crippen LogP contribution in [0.25, 0.3) is 0 Å². The first-order valence-corrected chi connectivity index (χ1v) is 13.2. The summed E-state index contributed by atoms with van der Waals surface area (Å²) >= 11 is 0. The summed E-state index contributed by atoms with van der Waals surface area (Å²) in [5.41, 5.74) is 0.557. The highest BCUT2D eigenvalue weighted by Crippen LogP contribution is 2.71. The Labute approximate surface area is 194 Å². The Morgan fingerprint density at radius 1 is 1.06 bits per heavy atom. The smallest absolute Gasteiger partial charge is 0.233 e. The molecule has 0 bridgehead atoms. The number of carbonyl (C=O) groups excluding carboxylic acids is 1. The van der Waals surface area contributed by atoms with Crippen LogP contribution in [0.5, 0.6) is 0 Å². The van der Waals surface area contributed by atoms with Gasteiger partial charge in [-0.15, -0.1) is 0 Å². The highest BCUT2D eigenvalue weighted by Gasteiger charge is 2.65. The summed E-state index contributed by atoms with van der Waals surface area (Å²) < 4.78 is 0. The summed E-state index contributed by atoms with van der Waals surface area (Å²) in [6, 6.07) is 0. The van der Waals surface area contributed by atoms with Gasteiger partial charge in [-0.2, -0.15) is 0 Å². The van der Waals surface area contributed by atoms with Gasteiger partial charge in [-0.3, -0.25) is 0 Å². The molecular formula is C27H46O5. The van der Waals surface area contributed by atoms with Gasteiger partial charge in [-0.1, -0.05) is 34.6 Å². The van der Waals surface area contributed by atoms with Crippen LogP contribution >= 0.6 is 0 Å². The fourth-order valence-electron chi connectivity index (χ4n) is 9.70. The number of hydrogen-bond donors (Lipinski definition) is 2. The number of Topliss-reactive ketones (excluding diaryl/α,β-unsaturated/α-hetero) is 1. The van der Waals surface area contributed by atoms with Crippen LogP contribution in [0.1, 0.15) is 99.3 Å². The van der Waals surface area contributed by atoms with Gasteiger partial charge in [0, 0.05) is 19.3 Å². The van der Waals surface area contributed by atoms with Crippen LogP contribution < -0.4 is 0 Å². The molecule has 32 heavy (non-hydrogen) atoms. The second-order valence-electron chi connectivity index (χ2n) is 12.9. The molecule has 4 fully saturated rings. The Morgan fingerprint density at radius 2 is 1.75 bits per heavy atom. The first-order chi connectivity index (χ1) is 15.0. The van der Waals surface area contributed by atoms with E-state index in [0.29, 0.717) is 59.5 Å². The largest absolute Gasteiger partial charge is 0.300 e. The van der Waals surface area contributed by atoms with Gasteiger partial charge in [0.1, 0.15) is 5.78 Å². The number of rotatable bonds is 6. The molecule has 4 saturated carbocycles. The predicted octanol–water partition coefficient (Wildman–Crippen LogP) is 6.82. The zero-order valence-corrected chi connectivity index (χ0v) is 21.1. The van der Waals surface area contributed by atoms with Crippen LogP contribution in [0.4, 0.5) is 0 Å². The van der Waals surface area contributed by atoms with Crippen molar-refractivity contribution in [2.24, 2.45) is 58.2 Å².